The fourth-order valence-electron chi connectivity index (χ4n) is 1.43. The van der Waals surface area contributed by atoms with E-state index in [2.05, 4.69) is 60.7 Å². The van der Waals surface area contributed by atoms with Crippen molar-refractivity contribution in [1.82, 2.24) is 0 Å². The zero-order valence-electron chi connectivity index (χ0n) is 11.5. The molecule has 0 fully saturated rings. The highest BCUT2D eigenvalue weighted by Gasteiger charge is 1.92. The van der Waals surface area contributed by atoms with Gasteiger partial charge in [0, 0.05) is 0 Å². The van der Waals surface area contributed by atoms with E-state index in [4.69, 9.17) is 0 Å². The first kappa shape index (κ1) is 18.8. The van der Waals surface area contributed by atoms with Gasteiger partial charge in [-0.25, -0.2) is 0 Å². The van der Waals surface area contributed by atoms with Gasteiger partial charge in [0.1, 0.15) is 0 Å². The minimum absolute atomic E-state index is 0. The van der Waals surface area contributed by atoms with E-state index in [9.17, 15) is 0 Å². The lowest BCUT2D eigenvalue weighted by molar-refractivity contribution is 1.19. The van der Waals surface area contributed by atoms with Crippen molar-refractivity contribution < 1.29 is 0 Å². The highest BCUT2D eigenvalue weighted by molar-refractivity contribution is 5.25. The summed E-state index contributed by atoms with van der Waals surface area (Å²) in [6, 6.07) is 21.1. The standard InChI is InChI=1S/C13H12.2C2H6.CH4/c1-3-7-12(8-4-1)11-13-9-5-2-6-10-13;2*1-2;/h1-10H,11H2;2*1-2H3;1H4. The van der Waals surface area contributed by atoms with Crippen LogP contribution in [0.2, 0.25) is 0 Å². The van der Waals surface area contributed by atoms with Crippen LogP contribution < -0.4 is 0 Å². The van der Waals surface area contributed by atoms with Gasteiger partial charge in [-0.1, -0.05) is 95.8 Å². The van der Waals surface area contributed by atoms with E-state index in [0.717, 1.165) is 6.42 Å². The summed E-state index contributed by atoms with van der Waals surface area (Å²) in [7, 11) is 0. The average molecular weight is 244 g/mol. The molecule has 0 aliphatic carbocycles. The first-order valence-corrected chi connectivity index (χ1v) is 6.53. The van der Waals surface area contributed by atoms with E-state index in [1.807, 2.05) is 27.7 Å². The van der Waals surface area contributed by atoms with Crippen LogP contribution in [-0.2, 0) is 6.42 Å². The number of hydrogen-bond acceptors (Lipinski definition) is 0. The van der Waals surface area contributed by atoms with Gasteiger partial charge < -0.3 is 0 Å². The van der Waals surface area contributed by atoms with Crippen LogP contribution in [0.15, 0.2) is 60.7 Å². The molecular formula is C18H28. The zero-order chi connectivity index (χ0) is 12.9. The largest absolute Gasteiger partial charge is 0.0776 e. The van der Waals surface area contributed by atoms with Crippen molar-refractivity contribution in [1.29, 1.82) is 0 Å². The van der Waals surface area contributed by atoms with Gasteiger partial charge in [-0.3, -0.25) is 0 Å². The molecule has 2 rings (SSSR count). The highest BCUT2D eigenvalue weighted by atomic mass is 14.0. The molecule has 0 amide bonds. The highest BCUT2D eigenvalue weighted by Crippen LogP contribution is 2.07. The molecule has 0 radical (unpaired) electrons. The quantitative estimate of drug-likeness (QED) is 0.611. The number of benzene rings is 2. The number of rotatable bonds is 2. The van der Waals surface area contributed by atoms with Crippen molar-refractivity contribution in [3.63, 3.8) is 0 Å². The molecule has 100 valence electrons. The van der Waals surface area contributed by atoms with E-state index in [0.29, 0.717) is 0 Å². The van der Waals surface area contributed by atoms with Crippen LogP contribution in [0.5, 0.6) is 0 Å². The van der Waals surface area contributed by atoms with Crippen LogP contribution in [0, 0.1) is 0 Å². The molecule has 18 heavy (non-hydrogen) atoms. The molecule has 2 aromatic carbocycles. The van der Waals surface area contributed by atoms with Crippen molar-refractivity contribution in [3.05, 3.63) is 71.8 Å². The Balaban J connectivity index is 0. The van der Waals surface area contributed by atoms with Crippen LogP contribution in [0.25, 0.3) is 0 Å². The van der Waals surface area contributed by atoms with Crippen LogP contribution in [0.1, 0.15) is 46.2 Å². The second kappa shape index (κ2) is 13.5. The maximum Gasteiger partial charge on any atom is -0.00258 e. The Labute approximate surface area is 114 Å². The molecule has 0 atom stereocenters. The summed E-state index contributed by atoms with van der Waals surface area (Å²) in [6.07, 6.45) is 1.03. The van der Waals surface area contributed by atoms with E-state index in [-0.39, 0.29) is 7.43 Å². The first-order chi connectivity index (χ1) is 8.45. The maximum atomic E-state index is 2.16. The van der Waals surface area contributed by atoms with E-state index in [1.165, 1.54) is 11.1 Å². The molecule has 0 saturated heterocycles. The maximum absolute atomic E-state index is 2.16. The molecule has 0 aromatic heterocycles. The average Bonchev–Trinajstić information content (AvgIpc) is 2.45. The zero-order valence-corrected chi connectivity index (χ0v) is 11.5. The lowest BCUT2D eigenvalue weighted by atomic mass is 10.1. The minimum atomic E-state index is 0. The van der Waals surface area contributed by atoms with Crippen molar-refractivity contribution in [3.8, 4) is 0 Å². The van der Waals surface area contributed by atoms with Crippen LogP contribution in [0.4, 0.5) is 0 Å². The van der Waals surface area contributed by atoms with E-state index < -0.39 is 0 Å². The van der Waals surface area contributed by atoms with E-state index in [1.54, 1.807) is 0 Å². The summed E-state index contributed by atoms with van der Waals surface area (Å²) in [5.74, 6) is 0. The first-order valence-electron chi connectivity index (χ1n) is 6.53. The summed E-state index contributed by atoms with van der Waals surface area (Å²) in [5.41, 5.74) is 2.74. The molecule has 0 saturated carbocycles. The lowest BCUT2D eigenvalue weighted by Gasteiger charge is -2.00. The van der Waals surface area contributed by atoms with Crippen molar-refractivity contribution in [2.45, 2.75) is 41.5 Å². The molecule has 0 aliphatic rings. The Hall–Kier alpha value is -1.56. The molecule has 0 N–H and O–H groups in total. The molecule has 0 spiro atoms. The third kappa shape index (κ3) is 7.67. The Morgan fingerprint density at radius 3 is 1.11 bits per heavy atom. The van der Waals surface area contributed by atoms with Gasteiger partial charge in [0.2, 0.25) is 0 Å². The summed E-state index contributed by atoms with van der Waals surface area (Å²) >= 11 is 0. The summed E-state index contributed by atoms with van der Waals surface area (Å²) in [5, 5.41) is 0. The smallest absolute Gasteiger partial charge is 0.00258 e. The molecular weight excluding hydrogens is 216 g/mol. The second-order valence-corrected chi connectivity index (χ2v) is 3.15. The molecule has 0 nitrogen and oxygen atoms in total. The van der Waals surface area contributed by atoms with Gasteiger partial charge in [-0.05, 0) is 17.5 Å². The van der Waals surface area contributed by atoms with Gasteiger partial charge in [-0.2, -0.15) is 0 Å². The van der Waals surface area contributed by atoms with Crippen molar-refractivity contribution in [2.75, 3.05) is 0 Å². The van der Waals surface area contributed by atoms with Crippen molar-refractivity contribution >= 4 is 0 Å². The lowest BCUT2D eigenvalue weighted by Crippen LogP contribution is -1.85. The van der Waals surface area contributed by atoms with Gasteiger partial charge in [-0.15, -0.1) is 0 Å². The number of hydrogen-bond donors (Lipinski definition) is 0. The predicted molar refractivity (Wildman–Crippen MR) is 85.1 cm³/mol. The molecule has 0 bridgehead atoms. The van der Waals surface area contributed by atoms with Crippen molar-refractivity contribution in [2.24, 2.45) is 0 Å². The summed E-state index contributed by atoms with van der Waals surface area (Å²) < 4.78 is 0. The van der Waals surface area contributed by atoms with Gasteiger partial charge in [0.05, 0.1) is 0 Å². The van der Waals surface area contributed by atoms with E-state index >= 15 is 0 Å². The summed E-state index contributed by atoms with van der Waals surface area (Å²) in [6.45, 7) is 8.00. The minimum Gasteiger partial charge on any atom is -0.0776 e. The van der Waals surface area contributed by atoms with Gasteiger partial charge >= 0.3 is 0 Å². The Morgan fingerprint density at radius 2 is 0.833 bits per heavy atom. The van der Waals surface area contributed by atoms with Crippen LogP contribution in [-0.4, -0.2) is 0 Å². The molecule has 0 heterocycles. The third-order valence-electron chi connectivity index (χ3n) is 2.09. The van der Waals surface area contributed by atoms with Crippen LogP contribution in [0.3, 0.4) is 0 Å². The van der Waals surface area contributed by atoms with Crippen LogP contribution >= 0.6 is 0 Å². The third-order valence-corrected chi connectivity index (χ3v) is 2.09. The van der Waals surface area contributed by atoms with Gasteiger partial charge in [0.25, 0.3) is 0 Å². The predicted octanol–water partition coefficient (Wildman–Crippen LogP) is 5.97. The molecule has 0 unspecified atom stereocenters. The van der Waals surface area contributed by atoms with Gasteiger partial charge in [0.15, 0.2) is 0 Å². The fourth-order valence-corrected chi connectivity index (χ4v) is 1.43. The Bertz CT molecular complexity index is 311. The normalized spacial score (nSPS) is 7.78. The summed E-state index contributed by atoms with van der Waals surface area (Å²) in [4.78, 5) is 0. The monoisotopic (exact) mass is 244 g/mol. The Morgan fingerprint density at radius 1 is 0.556 bits per heavy atom. The SMILES string of the molecule is C.CC.CC.c1ccc(Cc2ccccc2)cc1. The fraction of sp³-hybridized carbons (Fsp3) is 0.333. The molecule has 2 aromatic rings. The molecule has 0 heteroatoms. The molecule has 0 aliphatic heterocycles. The second-order valence-electron chi connectivity index (χ2n) is 3.15. The topological polar surface area (TPSA) is 0 Å². The Kier molecular flexibility index (Phi) is 14.1.